The van der Waals surface area contributed by atoms with E-state index >= 15 is 0 Å². The highest BCUT2D eigenvalue weighted by atomic mass is 35.5. The number of benzene rings is 3. The number of esters is 1. The number of nitrogens with zero attached hydrogens (tertiary/aromatic N) is 4. The topological polar surface area (TPSA) is 135 Å². The molecule has 1 atom stereocenters. The second-order valence-corrected chi connectivity index (χ2v) is 10.4. The first-order valence-corrected chi connectivity index (χ1v) is 13.9. The van der Waals surface area contributed by atoms with Crippen molar-refractivity contribution >= 4 is 40.4 Å². The van der Waals surface area contributed by atoms with Crippen LogP contribution in [-0.4, -0.2) is 46.6 Å². The predicted molar refractivity (Wildman–Crippen MR) is 165 cm³/mol. The molecule has 0 amide bonds. The summed E-state index contributed by atoms with van der Waals surface area (Å²) in [6.07, 6.45) is 0.0411. The van der Waals surface area contributed by atoms with Gasteiger partial charge in [0.15, 0.2) is 11.9 Å². The minimum absolute atomic E-state index is 0.0288. The lowest BCUT2D eigenvalue weighted by Crippen LogP contribution is -2.27. The van der Waals surface area contributed by atoms with Crippen LogP contribution in [0, 0.1) is 17.0 Å². The third kappa shape index (κ3) is 6.51. The SMILES string of the molecule is CCOC(=O)[C@@H](C)Oc1c(C=Nn2c(-c3cc(C(C)C)c(OC)cc3C)nc3ccccc3c2=O)cc(Cl)cc1[N+](=O)[O-]. The van der Waals surface area contributed by atoms with Crippen LogP contribution in [0.5, 0.6) is 11.5 Å². The standard InChI is InChI=1S/C31H31ClN4O7/c1-7-42-31(38)19(5)43-28-20(13-21(32)14-26(28)36(39)40)16-33-35-29(34-25-11-9-8-10-22(25)30(35)37)24-15-23(17(2)3)27(41-6)12-18(24)4/h8-17,19H,7H2,1-6H3/t19-/m1/s1. The number of carbonyl (C=O) groups excluding carboxylic acids is 1. The summed E-state index contributed by atoms with van der Waals surface area (Å²) in [5.74, 6) is 0.0955. The van der Waals surface area contributed by atoms with Gasteiger partial charge in [-0.2, -0.15) is 9.78 Å². The zero-order valence-electron chi connectivity index (χ0n) is 24.6. The third-order valence-corrected chi connectivity index (χ3v) is 6.90. The van der Waals surface area contributed by atoms with Crippen molar-refractivity contribution in [3.8, 4) is 22.9 Å². The summed E-state index contributed by atoms with van der Waals surface area (Å²) < 4.78 is 17.4. The minimum atomic E-state index is -1.18. The molecule has 0 aliphatic heterocycles. The summed E-state index contributed by atoms with van der Waals surface area (Å²) in [6, 6.07) is 13.2. The van der Waals surface area contributed by atoms with Gasteiger partial charge >= 0.3 is 11.7 Å². The van der Waals surface area contributed by atoms with E-state index in [0.29, 0.717) is 22.2 Å². The number of ether oxygens (including phenoxy) is 3. The van der Waals surface area contributed by atoms with Crippen LogP contribution in [-0.2, 0) is 9.53 Å². The van der Waals surface area contributed by atoms with E-state index in [1.807, 2.05) is 32.9 Å². The average molecular weight is 607 g/mol. The molecule has 0 radical (unpaired) electrons. The van der Waals surface area contributed by atoms with Gasteiger partial charge in [-0.3, -0.25) is 14.9 Å². The molecule has 3 aromatic carbocycles. The molecule has 0 bridgehead atoms. The number of fused-ring (bicyclic) bond motifs is 1. The van der Waals surface area contributed by atoms with E-state index in [0.717, 1.165) is 21.9 Å². The molecule has 0 spiro atoms. The molecular formula is C31H31ClN4O7. The Morgan fingerprint density at radius 1 is 1.19 bits per heavy atom. The first-order valence-electron chi connectivity index (χ1n) is 13.5. The Balaban J connectivity index is 1.97. The van der Waals surface area contributed by atoms with Gasteiger partial charge in [-0.05, 0) is 68.1 Å². The van der Waals surface area contributed by atoms with Crippen LogP contribution >= 0.6 is 11.6 Å². The van der Waals surface area contributed by atoms with E-state index in [4.69, 9.17) is 30.8 Å². The maximum Gasteiger partial charge on any atom is 0.347 e. The number of nitro benzene ring substituents is 1. The molecule has 0 N–H and O–H groups in total. The zero-order chi connectivity index (χ0) is 31.4. The molecule has 1 aromatic heterocycles. The Labute approximate surface area is 252 Å². The lowest BCUT2D eigenvalue weighted by Gasteiger charge is -2.18. The van der Waals surface area contributed by atoms with E-state index in [9.17, 15) is 19.7 Å². The number of aromatic nitrogens is 2. The summed E-state index contributed by atoms with van der Waals surface area (Å²) in [7, 11) is 1.60. The van der Waals surface area contributed by atoms with Crippen molar-refractivity contribution in [2.75, 3.05) is 13.7 Å². The number of para-hydroxylation sites is 1. The smallest absolute Gasteiger partial charge is 0.347 e. The lowest BCUT2D eigenvalue weighted by molar-refractivity contribution is -0.386. The summed E-state index contributed by atoms with van der Waals surface area (Å²) in [6.45, 7) is 9.08. The van der Waals surface area contributed by atoms with Crippen molar-refractivity contribution in [3.05, 3.63) is 90.7 Å². The van der Waals surface area contributed by atoms with Gasteiger partial charge in [-0.1, -0.05) is 37.6 Å². The van der Waals surface area contributed by atoms with E-state index in [1.54, 1.807) is 38.3 Å². The van der Waals surface area contributed by atoms with Crippen molar-refractivity contribution in [1.82, 2.24) is 9.66 Å². The third-order valence-electron chi connectivity index (χ3n) is 6.68. The summed E-state index contributed by atoms with van der Waals surface area (Å²) in [4.78, 5) is 42.1. The summed E-state index contributed by atoms with van der Waals surface area (Å²) in [5.41, 5.74) is 1.94. The van der Waals surface area contributed by atoms with Gasteiger partial charge in [-0.25, -0.2) is 9.78 Å². The second kappa shape index (κ2) is 13.0. The van der Waals surface area contributed by atoms with Gasteiger partial charge in [0, 0.05) is 22.2 Å². The second-order valence-electron chi connectivity index (χ2n) is 9.99. The van der Waals surface area contributed by atoms with Gasteiger partial charge in [0.2, 0.25) is 5.75 Å². The first-order chi connectivity index (χ1) is 20.5. The molecule has 0 aliphatic carbocycles. The molecule has 12 heteroatoms. The van der Waals surface area contributed by atoms with Crippen molar-refractivity contribution in [2.45, 2.75) is 46.6 Å². The molecule has 0 fully saturated rings. The Morgan fingerprint density at radius 2 is 1.91 bits per heavy atom. The molecule has 0 unspecified atom stereocenters. The lowest BCUT2D eigenvalue weighted by atomic mass is 9.96. The van der Waals surface area contributed by atoms with E-state index in [1.165, 1.54) is 19.2 Å². The Morgan fingerprint density at radius 3 is 2.56 bits per heavy atom. The molecule has 1 heterocycles. The Kier molecular flexibility index (Phi) is 9.45. The van der Waals surface area contributed by atoms with Crippen LogP contribution in [0.2, 0.25) is 5.02 Å². The summed E-state index contributed by atoms with van der Waals surface area (Å²) in [5, 5.41) is 16.7. The molecular weight excluding hydrogens is 576 g/mol. The molecule has 4 rings (SSSR count). The minimum Gasteiger partial charge on any atom is -0.496 e. The largest absolute Gasteiger partial charge is 0.496 e. The number of halogens is 1. The molecule has 224 valence electrons. The van der Waals surface area contributed by atoms with Gasteiger partial charge in [0.25, 0.3) is 5.56 Å². The van der Waals surface area contributed by atoms with Gasteiger partial charge in [-0.15, -0.1) is 0 Å². The Hall–Kier alpha value is -4.77. The van der Waals surface area contributed by atoms with Crippen LogP contribution in [0.25, 0.3) is 22.3 Å². The van der Waals surface area contributed by atoms with Crippen molar-refractivity contribution in [1.29, 1.82) is 0 Å². The monoisotopic (exact) mass is 606 g/mol. The fraction of sp³-hybridized carbons (Fsp3) is 0.290. The highest BCUT2D eigenvalue weighted by Gasteiger charge is 2.26. The maximum atomic E-state index is 13.8. The number of carbonyl (C=O) groups is 1. The van der Waals surface area contributed by atoms with Gasteiger partial charge < -0.3 is 14.2 Å². The molecule has 0 saturated heterocycles. The van der Waals surface area contributed by atoms with E-state index in [2.05, 4.69) is 5.10 Å². The number of nitro groups is 1. The average Bonchev–Trinajstić information content (AvgIpc) is 2.97. The van der Waals surface area contributed by atoms with Crippen molar-refractivity contribution in [3.63, 3.8) is 0 Å². The molecule has 0 saturated carbocycles. The maximum absolute atomic E-state index is 13.8. The first kappa shape index (κ1) is 31.2. The van der Waals surface area contributed by atoms with Gasteiger partial charge in [0.05, 0.1) is 35.8 Å². The van der Waals surface area contributed by atoms with Crippen LogP contribution in [0.15, 0.2) is 58.4 Å². The van der Waals surface area contributed by atoms with Crippen LogP contribution in [0.1, 0.15) is 50.3 Å². The highest BCUT2D eigenvalue weighted by molar-refractivity contribution is 6.31. The summed E-state index contributed by atoms with van der Waals surface area (Å²) >= 11 is 6.22. The van der Waals surface area contributed by atoms with Crippen LogP contribution in [0.4, 0.5) is 5.69 Å². The van der Waals surface area contributed by atoms with Crippen LogP contribution in [0.3, 0.4) is 0 Å². The molecule has 43 heavy (non-hydrogen) atoms. The number of methoxy groups -OCH3 is 1. The number of hydrogen-bond acceptors (Lipinski definition) is 9. The quantitative estimate of drug-likeness (QED) is 0.0891. The number of aryl methyl sites for hydroxylation is 1. The van der Waals surface area contributed by atoms with Crippen LogP contribution < -0.4 is 15.0 Å². The van der Waals surface area contributed by atoms with E-state index in [-0.39, 0.29) is 34.7 Å². The fourth-order valence-electron chi connectivity index (χ4n) is 4.54. The van der Waals surface area contributed by atoms with Gasteiger partial charge in [0.1, 0.15) is 5.75 Å². The normalized spacial score (nSPS) is 12.1. The van der Waals surface area contributed by atoms with E-state index < -0.39 is 28.2 Å². The molecule has 0 aliphatic rings. The van der Waals surface area contributed by atoms with Crippen molar-refractivity contribution in [2.24, 2.45) is 5.10 Å². The predicted octanol–water partition coefficient (Wildman–Crippen LogP) is 6.28. The molecule has 11 nitrogen and oxygen atoms in total. The number of hydrogen-bond donors (Lipinski definition) is 0. The highest BCUT2D eigenvalue weighted by Crippen LogP contribution is 2.36. The molecule has 4 aromatic rings. The fourth-order valence-corrected chi connectivity index (χ4v) is 4.76. The number of rotatable bonds is 10. The van der Waals surface area contributed by atoms with Crippen molar-refractivity contribution < 1.29 is 23.9 Å². The zero-order valence-corrected chi connectivity index (χ0v) is 25.3. The Bertz CT molecular complexity index is 1800.